The first kappa shape index (κ1) is 26.0. The molecule has 2 aliphatic rings. The molecule has 0 aliphatic carbocycles. The first-order valence-electron chi connectivity index (χ1n) is 9.52. The zero-order chi connectivity index (χ0) is 19.3. The molecule has 0 bridgehead atoms. The maximum absolute atomic E-state index is 13.1. The molecule has 0 aromatic heterocycles. The summed E-state index contributed by atoms with van der Waals surface area (Å²) in [7, 11) is -3.46. The highest BCUT2D eigenvalue weighted by molar-refractivity contribution is 7.92. The van der Waals surface area contributed by atoms with E-state index in [9.17, 15) is 13.2 Å². The van der Waals surface area contributed by atoms with Crippen LogP contribution in [0.3, 0.4) is 0 Å². The van der Waals surface area contributed by atoms with Crippen LogP contribution >= 0.6 is 24.8 Å². The molecule has 29 heavy (non-hydrogen) atoms. The maximum atomic E-state index is 13.1. The third-order valence-electron chi connectivity index (χ3n) is 5.59. The lowest BCUT2D eigenvalue weighted by atomic mass is 9.95. The predicted molar refractivity (Wildman–Crippen MR) is 119 cm³/mol. The third-order valence-corrected chi connectivity index (χ3v) is 7.59. The number of halogens is 2. The van der Waals surface area contributed by atoms with E-state index in [1.165, 1.54) is 6.26 Å². The highest BCUT2D eigenvalue weighted by Gasteiger charge is 2.50. The monoisotopic (exact) mass is 467 g/mol. The van der Waals surface area contributed by atoms with E-state index < -0.39 is 14.6 Å². The maximum Gasteiger partial charge on any atom is 0.244 e. The number of hydrogen-bond acceptors (Lipinski definition) is 6. The lowest BCUT2D eigenvalue weighted by Crippen LogP contribution is -2.61. The van der Waals surface area contributed by atoms with Crippen LogP contribution in [0.1, 0.15) is 12.8 Å². The SMILES string of the molecule is CS(=O)(=O)C1(C(=O)N2CCN(CCOc3ccccc3)CC2)CCNCC1.Cl.Cl. The van der Waals surface area contributed by atoms with Crippen LogP contribution in [0.5, 0.6) is 5.75 Å². The van der Waals surface area contributed by atoms with Gasteiger partial charge in [0.1, 0.15) is 12.4 Å². The average molecular weight is 468 g/mol. The first-order chi connectivity index (χ1) is 12.9. The van der Waals surface area contributed by atoms with Gasteiger partial charge in [0.05, 0.1) is 0 Å². The fourth-order valence-corrected chi connectivity index (χ4v) is 5.24. The van der Waals surface area contributed by atoms with Crippen LogP contribution in [0.2, 0.25) is 0 Å². The molecule has 0 saturated carbocycles. The molecule has 0 spiro atoms. The van der Waals surface area contributed by atoms with E-state index in [4.69, 9.17) is 4.74 Å². The van der Waals surface area contributed by atoms with Crippen molar-refractivity contribution in [2.24, 2.45) is 0 Å². The molecule has 0 radical (unpaired) electrons. The van der Waals surface area contributed by atoms with Gasteiger partial charge in [0.25, 0.3) is 0 Å². The normalized spacial score (nSPS) is 19.6. The van der Waals surface area contributed by atoms with Crippen LogP contribution in [0.25, 0.3) is 0 Å². The zero-order valence-electron chi connectivity index (χ0n) is 16.7. The topological polar surface area (TPSA) is 79.0 Å². The van der Waals surface area contributed by atoms with Gasteiger partial charge in [-0.1, -0.05) is 18.2 Å². The van der Waals surface area contributed by atoms with Gasteiger partial charge < -0.3 is 15.0 Å². The number of carbonyl (C=O) groups excluding carboxylic acids is 1. The van der Waals surface area contributed by atoms with Gasteiger partial charge in [-0.2, -0.15) is 0 Å². The lowest BCUT2D eigenvalue weighted by Gasteiger charge is -2.41. The number of benzene rings is 1. The Morgan fingerprint density at radius 2 is 1.66 bits per heavy atom. The summed E-state index contributed by atoms with van der Waals surface area (Å²) in [6.45, 7) is 5.12. The van der Waals surface area contributed by atoms with Crippen LogP contribution in [-0.4, -0.2) is 87.5 Å². The van der Waals surface area contributed by atoms with Gasteiger partial charge in [0, 0.05) is 39.0 Å². The molecule has 1 aromatic rings. The largest absolute Gasteiger partial charge is 0.492 e. The number of para-hydroxylation sites is 1. The number of sulfone groups is 1. The molecule has 10 heteroatoms. The number of piperidine rings is 1. The minimum absolute atomic E-state index is 0. The third kappa shape index (κ3) is 6.21. The second-order valence-corrected chi connectivity index (χ2v) is 9.64. The minimum Gasteiger partial charge on any atom is -0.492 e. The molecule has 1 amide bonds. The highest BCUT2D eigenvalue weighted by atomic mass is 35.5. The number of rotatable bonds is 6. The van der Waals surface area contributed by atoms with E-state index >= 15 is 0 Å². The van der Waals surface area contributed by atoms with Gasteiger partial charge in [-0.15, -0.1) is 24.8 Å². The van der Waals surface area contributed by atoms with Crippen molar-refractivity contribution in [1.29, 1.82) is 0 Å². The number of carbonyl (C=O) groups is 1. The Hall–Kier alpha value is -1.06. The van der Waals surface area contributed by atoms with Crippen LogP contribution in [-0.2, 0) is 14.6 Å². The van der Waals surface area contributed by atoms with E-state index in [2.05, 4.69) is 10.2 Å². The summed E-state index contributed by atoms with van der Waals surface area (Å²) in [5, 5.41) is 3.16. The molecule has 0 atom stereocenters. The molecular weight excluding hydrogens is 437 g/mol. The van der Waals surface area contributed by atoms with E-state index in [0.29, 0.717) is 45.6 Å². The van der Waals surface area contributed by atoms with Gasteiger partial charge in [-0.25, -0.2) is 8.42 Å². The van der Waals surface area contributed by atoms with Crippen molar-refractivity contribution in [2.45, 2.75) is 17.6 Å². The van der Waals surface area contributed by atoms with Crippen LogP contribution in [0, 0.1) is 0 Å². The van der Waals surface area contributed by atoms with Crippen LogP contribution in [0.4, 0.5) is 0 Å². The van der Waals surface area contributed by atoms with E-state index in [1.807, 2.05) is 30.3 Å². The smallest absolute Gasteiger partial charge is 0.244 e. The second kappa shape index (κ2) is 11.4. The molecule has 7 nitrogen and oxygen atoms in total. The minimum atomic E-state index is -3.46. The summed E-state index contributed by atoms with van der Waals surface area (Å²) in [6, 6.07) is 9.70. The van der Waals surface area contributed by atoms with Crippen molar-refractivity contribution in [3.8, 4) is 5.75 Å². The molecule has 2 heterocycles. The summed E-state index contributed by atoms with van der Waals surface area (Å²) >= 11 is 0. The zero-order valence-corrected chi connectivity index (χ0v) is 19.2. The number of amides is 1. The molecular formula is C19H31Cl2N3O4S. The molecule has 2 aliphatic heterocycles. The fourth-order valence-electron chi connectivity index (χ4n) is 3.85. The Morgan fingerprint density at radius 1 is 1.07 bits per heavy atom. The first-order valence-corrected chi connectivity index (χ1v) is 11.4. The number of nitrogens with zero attached hydrogens (tertiary/aromatic N) is 2. The van der Waals surface area contributed by atoms with Gasteiger partial charge >= 0.3 is 0 Å². The molecule has 2 saturated heterocycles. The van der Waals surface area contributed by atoms with Crippen molar-refractivity contribution in [3.63, 3.8) is 0 Å². The van der Waals surface area contributed by atoms with E-state index in [1.54, 1.807) is 4.90 Å². The van der Waals surface area contributed by atoms with Crippen molar-refractivity contribution < 1.29 is 17.9 Å². The van der Waals surface area contributed by atoms with E-state index in [0.717, 1.165) is 25.4 Å². The summed E-state index contributed by atoms with van der Waals surface area (Å²) in [6.07, 6.45) is 1.92. The van der Waals surface area contributed by atoms with Gasteiger partial charge in [-0.05, 0) is 38.1 Å². The summed E-state index contributed by atoms with van der Waals surface area (Å²) in [4.78, 5) is 17.1. The fraction of sp³-hybridized carbons (Fsp3) is 0.632. The average Bonchev–Trinajstić information content (AvgIpc) is 2.68. The van der Waals surface area contributed by atoms with Gasteiger partial charge in [-0.3, -0.25) is 9.69 Å². The van der Waals surface area contributed by atoms with E-state index in [-0.39, 0.29) is 30.7 Å². The Balaban J connectivity index is 0.00000210. The molecule has 166 valence electrons. The van der Waals surface area contributed by atoms with Crippen molar-refractivity contribution in [1.82, 2.24) is 15.1 Å². The highest BCUT2D eigenvalue weighted by Crippen LogP contribution is 2.30. The molecule has 2 fully saturated rings. The molecule has 1 N–H and O–H groups in total. The van der Waals surface area contributed by atoms with Gasteiger partial charge in [0.2, 0.25) is 5.91 Å². The number of ether oxygens (including phenoxy) is 1. The summed E-state index contributed by atoms with van der Waals surface area (Å²) < 4.78 is 29.3. The molecule has 1 aromatic carbocycles. The van der Waals surface area contributed by atoms with Gasteiger partial charge in [0.15, 0.2) is 14.6 Å². The molecule has 0 unspecified atom stereocenters. The Morgan fingerprint density at radius 3 is 2.21 bits per heavy atom. The standard InChI is InChI=1S/C19H29N3O4S.2ClH/c1-27(24,25)19(7-9-20-10-8-19)18(23)22-13-11-21(12-14-22)15-16-26-17-5-3-2-4-6-17;;/h2-6,20H,7-16H2,1H3;2*1H. The van der Waals surface area contributed by atoms with Crippen molar-refractivity contribution in [3.05, 3.63) is 30.3 Å². The number of hydrogen-bond donors (Lipinski definition) is 1. The second-order valence-electron chi connectivity index (χ2n) is 7.31. The summed E-state index contributed by atoms with van der Waals surface area (Å²) in [5.74, 6) is 0.638. The van der Waals surface area contributed by atoms with Crippen LogP contribution in [0.15, 0.2) is 30.3 Å². The van der Waals surface area contributed by atoms with Crippen molar-refractivity contribution in [2.75, 3.05) is 58.7 Å². The van der Waals surface area contributed by atoms with Crippen molar-refractivity contribution >= 4 is 40.6 Å². The Bertz CT molecular complexity index is 735. The molecule has 3 rings (SSSR count). The Kier molecular flexibility index (Phi) is 10.2. The quantitative estimate of drug-likeness (QED) is 0.677. The predicted octanol–water partition coefficient (Wildman–Crippen LogP) is 1.22. The lowest BCUT2D eigenvalue weighted by molar-refractivity contribution is -0.136. The number of piperazine rings is 1. The Labute approximate surface area is 185 Å². The summed E-state index contributed by atoms with van der Waals surface area (Å²) in [5.41, 5.74) is 0. The number of nitrogens with one attached hydrogen (secondary N) is 1. The van der Waals surface area contributed by atoms with Crippen LogP contribution < -0.4 is 10.1 Å².